The molecular formula is C20H19BrN2O4. The second-order valence-corrected chi connectivity index (χ2v) is 7.50. The van der Waals surface area contributed by atoms with Gasteiger partial charge in [0.25, 0.3) is 0 Å². The lowest BCUT2D eigenvalue weighted by molar-refractivity contribution is -0.126. The van der Waals surface area contributed by atoms with Crippen LogP contribution in [0.15, 0.2) is 46.9 Å². The normalized spacial score (nSPS) is 18.5. The molecule has 0 aliphatic carbocycles. The van der Waals surface area contributed by atoms with Gasteiger partial charge in [-0.2, -0.15) is 0 Å². The number of amides is 2. The van der Waals surface area contributed by atoms with Crippen molar-refractivity contribution in [2.45, 2.75) is 13.0 Å². The van der Waals surface area contributed by atoms with Gasteiger partial charge in [0.1, 0.15) is 13.2 Å². The lowest BCUT2D eigenvalue weighted by Crippen LogP contribution is -2.32. The monoisotopic (exact) mass is 430 g/mol. The van der Waals surface area contributed by atoms with Crippen molar-refractivity contribution in [3.05, 3.63) is 52.5 Å². The zero-order valence-corrected chi connectivity index (χ0v) is 16.2. The molecule has 0 spiro atoms. The molecule has 6 nitrogen and oxygen atoms in total. The third-order valence-electron chi connectivity index (χ3n) is 4.69. The second-order valence-electron chi connectivity index (χ2n) is 6.58. The maximum absolute atomic E-state index is 12.5. The molecule has 4 rings (SSSR count). The Balaban J connectivity index is 1.40. The fourth-order valence-corrected chi connectivity index (χ4v) is 3.76. The van der Waals surface area contributed by atoms with Crippen LogP contribution in [0, 0.1) is 5.92 Å². The Bertz CT molecular complexity index is 886. The van der Waals surface area contributed by atoms with Gasteiger partial charge in [0, 0.05) is 35.7 Å². The average molecular weight is 431 g/mol. The van der Waals surface area contributed by atoms with Crippen LogP contribution in [-0.2, 0) is 16.1 Å². The maximum atomic E-state index is 12.5. The molecule has 0 bridgehead atoms. The average Bonchev–Trinajstić information content (AvgIpc) is 3.07. The van der Waals surface area contributed by atoms with Crippen LogP contribution in [0.1, 0.15) is 12.0 Å². The van der Waals surface area contributed by atoms with Crippen molar-refractivity contribution in [2.24, 2.45) is 5.92 Å². The summed E-state index contributed by atoms with van der Waals surface area (Å²) in [6.45, 7) is 1.82. The summed E-state index contributed by atoms with van der Waals surface area (Å²) in [5.74, 6) is 0.782. The standard InChI is InChI=1S/C20H19BrN2O4/c21-15-3-1-2-13(8-15)11-22-20(25)14-9-19(24)23(12-14)16-4-5-17-18(10-16)27-7-6-26-17/h1-5,8,10,14H,6-7,9,11-12H2,(H,22,25). The van der Waals surface area contributed by atoms with Crippen molar-refractivity contribution in [2.75, 3.05) is 24.7 Å². The molecule has 27 heavy (non-hydrogen) atoms. The molecule has 1 atom stereocenters. The molecular weight excluding hydrogens is 412 g/mol. The van der Waals surface area contributed by atoms with Crippen molar-refractivity contribution in [1.82, 2.24) is 5.32 Å². The van der Waals surface area contributed by atoms with E-state index in [4.69, 9.17) is 9.47 Å². The highest BCUT2D eigenvalue weighted by molar-refractivity contribution is 9.10. The highest BCUT2D eigenvalue weighted by atomic mass is 79.9. The number of nitrogens with zero attached hydrogens (tertiary/aromatic N) is 1. The minimum atomic E-state index is -0.363. The number of halogens is 1. The first kappa shape index (κ1) is 17.9. The van der Waals surface area contributed by atoms with Gasteiger partial charge in [0.15, 0.2) is 11.5 Å². The SMILES string of the molecule is O=C(NCc1cccc(Br)c1)C1CC(=O)N(c2ccc3c(c2)OCCO3)C1. The summed E-state index contributed by atoms with van der Waals surface area (Å²) in [7, 11) is 0. The Morgan fingerprint density at radius 1 is 1.15 bits per heavy atom. The largest absolute Gasteiger partial charge is 0.486 e. The van der Waals surface area contributed by atoms with Crippen LogP contribution in [-0.4, -0.2) is 31.6 Å². The van der Waals surface area contributed by atoms with Gasteiger partial charge < -0.3 is 19.7 Å². The minimum absolute atomic E-state index is 0.0608. The lowest BCUT2D eigenvalue weighted by atomic mass is 10.1. The van der Waals surface area contributed by atoms with E-state index in [1.165, 1.54) is 0 Å². The first-order valence-corrected chi connectivity index (χ1v) is 9.61. The third-order valence-corrected chi connectivity index (χ3v) is 5.18. The molecule has 2 aliphatic heterocycles. The van der Waals surface area contributed by atoms with Crippen LogP contribution in [0.4, 0.5) is 5.69 Å². The highest BCUT2D eigenvalue weighted by Crippen LogP contribution is 2.36. The number of carbonyl (C=O) groups is 2. The summed E-state index contributed by atoms with van der Waals surface area (Å²) in [4.78, 5) is 26.6. The summed E-state index contributed by atoms with van der Waals surface area (Å²) in [5.41, 5.74) is 1.73. The number of nitrogens with one attached hydrogen (secondary N) is 1. The van der Waals surface area contributed by atoms with Crippen molar-refractivity contribution < 1.29 is 19.1 Å². The Kier molecular flexibility index (Phi) is 5.03. The number of hydrogen-bond donors (Lipinski definition) is 1. The van der Waals surface area contributed by atoms with E-state index >= 15 is 0 Å². The minimum Gasteiger partial charge on any atom is -0.486 e. The molecule has 0 aromatic heterocycles. The Hall–Kier alpha value is -2.54. The van der Waals surface area contributed by atoms with Gasteiger partial charge in [-0.1, -0.05) is 28.1 Å². The summed E-state index contributed by atoms with van der Waals surface area (Å²) < 4.78 is 12.1. The molecule has 0 saturated carbocycles. The van der Waals surface area contributed by atoms with Gasteiger partial charge in [-0.3, -0.25) is 9.59 Å². The molecule has 2 aromatic rings. The Morgan fingerprint density at radius 2 is 1.96 bits per heavy atom. The van der Waals surface area contributed by atoms with E-state index in [0.717, 1.165) is 15.7 Å². The van der Waals surface area contributed by atoms with Crippen molar-refractivity contribution in [1.29, 1.82) is 0 Å². The van der Waals surface area contributed by atoms with Crippen molar-refractivity contribution in [3.63, 3.8) is 0 Å². The van der Waals surface area contributed by atoms with Crippen LogP contribution in [0.25, 0.3) is 0 Å². The zero-order chi connectivity index (χ0) is 18.8. The quantitative estimate of drug-likeness (QED) is 0.809. The number of rotatable bonds is 4. The van der Waals surface area contributed by atoms with E-state index in [0.29, 0.717) is 37.8 Å². The molecule has 1 unspecified atom stereocenters. The van der Waals surface area contributed by atoms with Crippen molar-refractivity contribution in [3.8, 4) is 11.5 Å². The van der Waals surface area contributed by atoms with E-state index in [1.54, 1.807) is 17.0 Å². The van der Waals surface area contributed by atoms with Crippen LogP contribution in [0.2, 0.25) is 0 Å². The van der Waals surface area contributed by atoms with E-state index in [1.807, 2.05) is 30.3 Å². The van der Waals surface area contributed by atoms with Gasteiger partial charge in [0.2, 0.25) is 11.8 Å². The molecule has 2 amide bonds. The van der Waals surface area contributed by atoms with E-state index < -0.39 is 0 Å². The fourth-order valence-electron chi connectivity index (χ4n) is 3.31. The van der Waals surface area contributed by atoms with E-state index in [9.17, 15) is 9.59 Å². The van der Waals surface area contributed by atoms with E-state index in [-0.39, 0.29) is 24.2 Å². The number of carbonyl (C=O) groups excluding carboxylic acids is 2. The predicted molar refractivity (Wildman–Crippen MR) is 104 cm³/mol. The first-order chi connectivity index (χ1) is 13.1. The molecule has 1 N–H and O–H groups in total. The number of ether oxygens (including phenoxy) is 2. The highest BCUT2D eigenvalue weighted by Gasteiger charge is 2.35. The molecule has 2 aliphatic rings. The molecule has 1 saturated heterocycles. The van der Waals surface area contributed by atoms with E-state index in [2.05, 4.69) is 21.2 Å². The van der Waals surface area contributed by atoms with Gasteiger partial charge in [-0.15, -0.1) is 0 Å². The maximum Gasteiger partial charge on any atom is 0.227 e. The summed E-state index contributed by atoms with van der Waals surface area (Å²) in [6, 6.07) is 13.2. The summed E-state index contributed by atoms with van der Waals surface area (Å²) in [6.07, 6.45) is 0.207. The Labute approximate surface area is 165 Å². The molecule has 1 fully saturated rings. The summed E-state index contributed by atoms with van der Waals surface area (Å²) in [5, 5.41) is 2.93. The molecule has 7 heteroatoms. The van der Waals surface area contributed by atoms with Crippen LogP contribution in [0.5, 0.6) is 11.5 Å². The van der Waals surface area contributed by atoms with Gasteiger partial charge >= 0.3 is 0 Å². The third kappa shape index (κ3) is 3.93. The zero-order valence-electron chi connectivity index (χ0n) is 14.6. The molecule has 2 aromatic carbocycles. The van der Waals surface area contributed by atoms with Gasteiger partial charge in [-0.05, 0) is 29.8 Å². The first-order valence-electron chi connectivity index (χ1n) is 8.82. The fraction of sp³-hybridized carbons (Fsp3) is 0.300. The number of benzene rings is 2. The van der Waals surface area contributed by atoms with Crippen molar-refractivity contribution >= 4 is 33.4 Å². The van der Waals surface area contributed by atoms with Crippen LogP contribution >= 0.6 is 15.9 Å². The molecule has 140 valence electrons. The molecule has 0 radical (unpaired) electrons. The van der Waals surface area contributed by atoms with Gasteiger partial charge in [0.05, 0.1) is 5.92 Å². The summed E-state index contributed by atoms with van der Waals surface area (Å²) >= 11 is 3.42. The molecule has 2 heterocycles. The lowest BCUT2D eigenvalue weighted by Gasteiger charge is -2.22. The number of fused-ring (bicyclic) bond motifs is 1. The number of anilines is 1. The van der Waals surface area contributed by atoms with Crippen LogP contribution < -0.4 is 19.7 Å². The second kappa shape index (κ2) is 7.60. The number of hydrogen-bond acceptors (Lipinski definition) is 4. The van der Waals surface area contributed by atoms with Gasteiger partial charge in [-0.25, -0.2) is 0 Å². The van der Waals surface area contributed by atoms with Crippen LogP contribution in [0.3, 0.4) is 0 Å². The smallest absolute Gasteiger partial charge is 0.227 e. The predicted octanol–water partition coefficient (Wildman–Crippen LogP) is 2.89. The Morgan fingerprint density at radius 3 is 2.78 bits per heavy atom. The topological polar surface area (TPSA) is 67.9 Å².